The molecule has 0 bridgehead atoms. The van der Waals surface area contributed by atoms with Crippen LogP contribution in [0.1, 0.15) is 0 Å². The van der Waals surface area contributed by atoms with E-state index in [9.17, 15) is 0 Å². The topological polar surface area (TPSA) is 63.6 Å². The van der Waals surface area contributed by atoms with Crippen molar-refractivity contribution in [1.29, 1.82) is 0 Å². The van der Waals surface area contributed by atoms with Gasteiger partial charge >= 0.3 is 0 Å². The quantitative estimate of drug-likeness (QED) is 0.623. The molecule has 0 radical (unpaired) electrons. The van der Waals surface area contributed by atoms with Gasteiger partial charge in [0.15, 0.2) is 0 Å². The van der Waals surface area contributed by atoms with Gasteiger partial charge in [-0.25, -0.2) is 4.98 Å². The molecular formula is C18H13N5. The van der Waals surface area contributed by atoms with E-state index in [-0.39, 0.29) is 0 Å². The average molecular weight is 299 g/mol. The standard InChI is InChI=1S/C18H13N5/c1-2-5-13(6-3-1)14-8-9-16-17(11-14)21-18(23-22-16)20-15-7-4-10-19-12-15/h1-12H,(H,20,21,23). The summed E-state index contributed by atoms with van der Waals surface area (Å²) in [5, 5.41) is 11.4. The van der Waals surface area contributed by atoms with Gasteiger partial charge in [0.05, 0.1) is 17.4 Å². The van der Waals surface area contributed by atoms with Crippen LogP contribution in [-0.2, 0) is 0 Å². The Balaban J connectivity index is 1.72. The summed E-state index contributed by atoms with van der Waals surface area (Å²) in [6, 6.07) is 19.9. The predicted molar refractivity (Wildman–Crippen MR) is 90.3 cm³/mol. The average Bonchev–Trinajstić information content (AvgIpc) is 2.63. The van der Waals surface area contributed by atoms with Crippen molar-refractivity contribution in [3.63, 3.8) is 0 Å². The van der Waals surface area contributed by atoms with E-state index in [4.69, 9.17) is 0 Å². The van der Waals surface area contributed by atoms with Crippen molar-refractivity contribution in [2.75, 3.05) is 5.32 Å². The Kier molecular flexibility index (Phi) is 3.37. The molecule has 2 aromatic heterocycles. The Morgan fingerprint density at radius 1 is 0.739 bits per heavy atom. The number of nitrogens with one attached hydrogen (secondary N) is 1. The maximum atomic E-state index is 4.54. The number of anilines is 2. The zero-order valence-electron chi connectivity index (χ0n) is 12.2. The first kappa shape index (κ1) is 13.3. The third kappa shape index (κ3) is 2.85. The number of nitrogens with zero attached hydrogens (tertiary/aromatic N) is 4. The van der Waals surface area contributed by atoms with Crippen molar-refractivity contribution in [3.05, 3.63) is 73.1 Å². The summed E-state index contributed by atoms with van der Waals surface area (Å²) in [6.45, 7) is 0. The molecule has 2 heterocycles. The van der Waals surface area contributed by atoms with Gasteiger partial charge in [0.1, 0.15) is 5.52 Å². The minimum Gasteiger partial charge on any atom is -0.321 e. The Labute approximate surface area is 133 Å². The third-order valence-electron chi connectivity index (χ3n) is 3.48. The summed E-state index contributed by atoms with van der Waals surface area (Å²) in [4.78, 5) is 8.60. The van der Waals surface area contributed by atoms with Crippen LogP contribution >= 0.6 is 0 Å². The second kappa shape index (κ2) is 5.81. The summed E-state index contributed by atoms with van der Waals surface area (Å²) in [5.41, 5.74) is 4.64. The van der Waals surface area contributed by atoms with Gasteiger partial charge < -0.3 is 5.32 Å². The van der Waals surface area contributed by atoms with Gasteiger partial charge in [-0.2, -0.15) is 0 Å². The smallest absolute Gasteiger partial charge is 0.247 e. The zero-order chi connectivity index (χ0) is 15.5. The largest absolute Gasteiger partial charge is 0.321 e. The van der Waals surface area contributed by atoms with Gasteiger partial charge in [-0.1, -0.05) is 36.4 Å². The molecule has 23 heavy (non-hydrogen) atoms. The maximum Gasteiger partial charge on any atom is 0.247 e. The summed E-state index contributed by atoms with van der Waals surface area (Å²) in [7, 11) is 0. The normalized spacial score (nSPS) is 10.6. The first-order chi connectivity index (χ1) is 11.4. The minimum absolute atomic E-state index is 0.454. The van der Waals surface area contributed by atoms with Gasteiger partial charge in [-0.15, -0.1) is 10.2 Å². The van der Waals surface area contributed by atoms with E-state index in [1.807, 2.05) is 48.5 Å². The van der Waals surface area contributed by atoms with Crippen LogP contribution in [-0.4, -0.2) is 20.2 Å². The van der Waals surface area contributed by atoms with Crippen LogP contribution in [0.2, 0.25) is 0 Å². The van der Waals surface area contributed by atoms with E-state index in [2.05, 4.69) is 37.6 Å². The molecule has 4 aromatic rings. The lowest BCUT2D eigenvalue weighted by molar-refractivity contribution is 1.03. The highest BCUT2D eigenvalue weighted by Crippen LogP contribution is 2.23. The first-order valence-corrected chi connectivity index (χ1v) is 7.25. The predicted octanol–water partition coefficient (Wildman–Crippen LogP) is 3.83. The second-order valence-corrected chi connectivity index (χ2v) is 5.07. The van der Waals surface area contributed by atoms with Crippen molar-refractivity contribution in [2.45, 2.75) is 0 Å². The van der Waals surface area contributed by atoms with Gasteiger partial charge in [-0.3, -0.25) is 4.98 Å². The highest BCUT2D eigenvalue weighted by atomic mass is 15.2. The van der Waals surface area contributed by atoms with Gasteiger partial charge in [-0.05, 0) is 35.4 Å². The van der Waals surface area contributed by atoms with Crippen LogP contribution in [0, 0.1) is 0 Å². The molecule has 110 valence electrons. The second-order valence-electron chi connectivity index (χ2n) is 5.07. The SMILES string of the molecule is c1ccc(-c2ccc3nnc(Nc4cccnc4)nc3c2)cc1. The van der Waals surface area contributed by atoms with Crippen LogP contribution in [0.5, 0.6) is 0 Å². The number of aromatic nitrogens is 4. The molecule has 0 aliphatic carbocycles. The van der Waals surface area contributed by atoms with Crippen LogP contribution in [0.4, 0.5) is 11.6 Å². The summed E-state index contributed by atoms with van der Waals surface area (Å²) >= 11 is 0. The zero-order valence-corrected chi connectivity index (χ0v) is 12.2. The minimum atomic E-state index is 0.454. The molecule has 0 aliphatic heterocycles. The lowest BCUT2D eigenvalue weighted by atomic mass is 10.1. The van der Waals surface area contributed by atoms with E-state index in [1.165, 1.54) is 0 Å². The molecule has 0 atom stereocenters. The monoisotopic (exact) mass is 299 g/mol. The number of benzene rings is 2. The number of rotatable bonds is 3. The lowest BCUT2D eigenvalue weighted by Crippen LogP contribution is -1.99. The highest BCUT2D eigenvalue weighted by molar-refractivity contribution is 5.81. The summed E-state index contributed by atoms with van der Waals surface area (Å²) in [6.07, 6.45) is 3.44. The van der Waals surface area contributed by atoms with E-state index < -0.39 is 0 Å². The summed E-state index contributed by atoms with van der Waals surface area (Å²) < 4.78 is 0. The summed E-state index contributed by atoms with van der Waals surface area (Å²) in [5.74, 6) is 0.454. The molecule has 0 fully saturated rings. The van der Waals surface area contributed by atoms with Crippen molar-refractivity contribution in [2.24, 2.45) is 0 Å². The molecule has 1 N–H and O–H groups in total. The van der Waals surface area contributed by atoms with Crippen LogP contribution in [0.25, 0.3) is 22.2 Å². The van der Waals surface area contributed by atoms with Crippen LogP contribution < -0.4 is 5.32 Å². The number of pyridine rings is 1. The molecule has 0 spiro atoms. The first-order valence-electron chi connectivity index (χ1n) is 7.25. The fourth-order valence-corrected chi connectivity index (χ4v) is 2.36. The van der Waals surface area contributed by atoms with E-state index in [0.29, 0.717) is 5.95 Å². The Morgan fingerprint density at radius 3 is 2.48 bits per heavy atom. The Hall–Kier alpha value is -3.34. The fraction of sp³-hybridized carbons (Fsp3) is 0. The Morgan fingerprint density at radius 2 is 1.65 bits per heavy atom. The van der Waals surface area contributed by atoms with E-state index in [0.717, 1.165) is 27.8 Å². The van der Waals surface area contributed by atoms with Gasteiger partial charge in [0.2, 0.25) is 5.95 Å². The third-order valence-corrected chi connectivity index (χ3v) is 3.48. The fourth-order valence-electron chi connectivity index (χ4n) is 2.36. The molecule has 4 rings (SSSR count). The van der Waals surface area contributed by atoms with Gasteiger partial charge in [0, 0.05) is 6.20 Å². The molecular weight excluding hydrogens is 286 g/mol. The van der Waals surface area contributed by atoms with Crippen molar-refractivity contribution >= 4 is 22.7 Å². The molecule has 0 amide bonds. The van der Waals surface area contributed by atoms with Crippen molar-refractivity contribution < 1.29 is 0 Å². The molecule has 5 heteroatoms. The number of fused-ring (bicyclic) bond motifs is 1. The molecule has 5 nitrogen and oxygen atoms in total. The molecule has 0 saturated heterocycles. The molecule has 2 aromatic carbocycles. The maximum absolute atomic E-state index is 4.54. The van der Waals surface area contributed by atoms with Crippen molar-refractivity contribution in [1.82, 2.24) is 20.2 Å². The molecule has 0 aliphatic rings. The lowest BCUT2D eigenvalue weighted by Gasteiger charge is -2.06. The highest BCUT2D eigenvalue weighted by Gasteiger charge is 2.05. The van der Waals surface area contributed by atoms with Crippen molar-refractivity contribution in [3.8, 4) is 11.1 Å². The van der Waals surface area contributed by atoms with Gasteiger partial charge in [0.25, 0.3) is 0 Å². The van der Waals surface area contributed by atoms with E-state index in [1.54, 1.807) is 12.4 Å². The number of hydrogen-bond donors (Lipinski definition) is 1. The number of hydrogen-bond acceptors (Lipinski definition) is 5. The molecule has 0 unspecified atom stereocenters. The van der Waals surface area contributed by atoms with Crippen LogP contribution in [0.3, 0.4) is 0 Å². The van der Waals surface area contributed by atoms with E-state index >= 15 is 0 Å². The Bertz CT molecular complexity index is 939. The van der Waals surface area contributed by atoms with Crippen LogP contribution in [0.15, 0.2) is 73.1 Å². The molecule has 0 saturated carbocycles.